The van der Waals surface area contributed by atoms with Gasteiger partial charge in [0.25, 0.3) is 0 Å². The van der Waals surface area contributed by atoms with Crippen LogP contribution in [0.25, 0.3) is 0 Å². The number of carbonyl (C=O) groups excluding carboxylic acids is 1. The van der Waals surface area contributed by atoms with Crippen LogP contribution in [0.5, 0.6) is 0 Å². The minimum Gasteiger partial charge on any atom is -0.341 e. The molecule has 2 rings (SSSR count). The van der Waals surface area contributed by atoms with E-state index in [-0.39, 0.29) is 11.9 Å². The maximum atomic E-state index is 12.0. The molecule has 0 aliphatic heterocycles. The molecule has 1 aliphatic carbocycles. The molecule has 1 aliphatic rings. The first-order valence-corrected chi connectivity index (χ1v) is 7.16. The zero-order valence-electron chi connectivity index (χ0n) is 10.9. The van der Waals surface area contributed by atoms with Crippen molar-refractivity contribution in [3.05, 3.63) is 33.8 Å². The number of amides is 1. The topological polar surface area (TPSA) is 46.3 Å². The summed E-state index contributed by atoms with van der Waals surface area (Å²) in [4.78, 5) is 13.7. The monoisotopic (exact) mass is 300 g/mol. The number of nitrogens with zero attached hydrogens (tertiary/aromatic N) is 1. The highest BCUT2D eigenvalue weighted by Crippen LogP contribution is 2.33. The lowest BCUT2D eigenvalue weighted by atomic mass is 10.1. The summed E-state index contributed by atoms with van der Waals surface area (Å²) in [6.07, 6.45) is 2.72. The van der Waals surface area contributed by atoms with Crippen molar-refractivity contribution in [3.8, 4) is 0 Å². The van der Waals surface area contributed by atoms with Crippen molar-refractivity contribution in [1.82, 2.24) is 4.90 Å². The highest BCUT2D eigenvalue weighted by molar-refractivity contribution is 6.35. The Hall–Kier alpha value is -0.770. The quantitative estimate of drug-likeness (QED) is 0.908. The van der Waals surface area contributed by atoms with Crippen molar-refractivity contribution in [2.75, 3.05) is 7.05 Å². The van der Waals surface area contributed by atoms with Gasteiger partial charge in [-0.25, -0.2) is 0 Å². The molecular formula is C14H18Cl2N2O. The van der Waals surface area contributed by atoms with Crippen LogP contribution >= 0.6 is 23.2 Å². The van der Waals surface area contributed by atoms with Crippen molar-refractivity contribution in [2.45, 2.75) is 31.8 Å². The Labute approximate surface area is 123 Å². The van der Waals surface area contributed by atoms with E-state index in [0.29, 0.717) is 28.9 Å². The number of nitrogens with two attached hydrogens (primary N) is 1. The third kappa shape index (κ3) is 4.10. The van der Waals surface area contributed by atoms with E-state index in [4.69, 9.17) is 28.9 Å². The summed E-state index contributed by atoms with van der Waals surface area (Å²) in [6, 6.07) is 5.30. The summed E-state index contributed by atoms with van der Waals surface area (Å²) in [6.45, 7) is 0.478. The second-order valence-electron chi connectivity index (χ2n) is 5.19. The number of carbonyl (C=O) groups is 1. The molecule has 0 saturated heterocycles. The summed E-state index contributed by atoms with van der Waals surface area (Å²) in [5.41, 5.74) is 6.86. The molecule has 1 aromatic carbocycles. The second-order valence-corrected chi connectivity index (χ2v) is 6.03. The molecule has 1 saturated carbocycles. The zero-order chi connectivity index (χ0) is 14.0. The first-order valence-electron chi connectivity index (χ1n) is 6.41. The average molecular weight is 301 g/mol. The molecule has 1 aromatic rings. The van der Waals surface area contributed by atoms with E-state index in [1.54, 1.807) is 24.1 Å². The molecule has 1 atom stereocenters. The molecule has 19 heavy (non-hydrogen) atoms. The Kier molecular flexibility index (Phi) is 4.71. The molecule has 2 N–H and O–H groups in total. The SMILES string of the molecule is CN(Cc1ccc(Cl)cc1Cl)C(=O)CC(N)C1CC1. The minimum absolute atomic E-state index is 0.00404. The normalized spacial score (nSPS) is 16.2. The third-order valence-corrected chi connectivity index (χ3v) is 4.07. The van der Waals surface area contributed by atoms with Gasteiger partial charge in [-0.05, 0) is 36.5 Å². The predicted molar refractivity (Wildman–Crippen MR) is 78.3 cm³/mol. The van der Waals surface area contributed by atoms with Gasteiger partial charge in [0.05, 0.1) is 0 Å². The van der Waals surface area contributed by atoms with Crippen LogP contribution in [0.3, 0.4) is 0 Å². The van der Waals surface area contributed by atoms with Crippen molar-refractivity contribution in [2.24, 2.45) is 11.7 Å². The molecule has 1 unspecified atom stereocenters. The van der Waals surface area contributed by atoms with Crippen LogP contribution < -0.4 is 5.73 Å². The van der Waals surface area contributed by atoms with Crippen LogP contribution in [-0.4, -0.2) is 23.9 Å². The standard InChI is InChI=1S/C14H18Cl2N2O/c1-18(14(19)7-13(17)9-2-3-9)8-10-4-5-11(15)6-12(10)16/h4-6,9,13H,2-3,7-8,17H2,1H3. The molecule has 0 radical (unpaired) electrons. The Morgan fingerprint density at radius 2 is 2.16 bits per heavy atom. The minimum atomic E-state index is -0.00404. The summed E-state index contributed by atoms with van der Waals surface area (Å²) in [7, 11) is 1.77. The van der Waals surface area contributed by atoms with Crippen molar-refractivity contribution < 1.29 is 4.79 Å². The van der Waals surface area contributed by atoms with Gasteiger partial charge in [0, 0.05) is 36.1 Å². The lowest BCUT2D eigenvalue weighted by Gasteiger charge is -2.20. The van der Waals surface area contributed by atoms with Gasteiger partial charge in [-0.15, -0.1) is 0 Å². The molecule has 0 bridgehead atoms. The van der Waals surface area contributed by atoms with Crippen molar-refractivity contribution in [1.29, 1.82) is 0 Å². The smallest absolute Gasteiger partial charge is 0.224 e. The van der Waals surface area contributed by atoms with E-state index in [0.717, 1.165) is 18.4 Å². The van der Waals surface area contributed by atoms with Gasteiger partial charge in [0.1, 0.15) is 0 Å². The molecule has 5 heteroatoms. The number of hydrogen-bond donors (Lipinski definition) is 1. The lowest BCUT2D eigenvalue weighted by molar-refractivity contribution is -0.130. The fourth-order valence-electron chi connectivity index (χ4n) is 2.04. The van der Waals surface area contributed by atoms with Crippen molar-refractivity contribution in [3.63, 3.8) is 0 Å². The van der Waals surface area contributed by atoms with Gasteiger partial charge in [0.2, 0.25) is 5.91 Å². The van der Waals surface area contributed by atoms with Crippen molar-refractivity contribution >= 4 is 29.1 Å². The Bertz CT molecular complexity index is 475. The Balaban J connectivity index is 1.91. The largest absolute Gasteiger partial charge is 0.341 e. The molecule has 0 heterocycles. The van der Waals surface area contributed by atoms with E-state index in [1.165, 1.54) is 0 Å². The Morgan fingerprint density at radius 3 is 2.74 bits per heavy atom. The van der Waals surface area contributed by atoms with Gasteiger partial charge >= 0.3 is 0 Å². The fraction of sp³-hybridized carbons (Fsp3) is 0.500. The molecular weight excluding hydrogens is 283 g/mol. The van der Waals surface area contributed by atoms with E-state index in [1.807, 2.05) is 6.07 Å². The summed E-state index contributed by atoms with van der Waals surface area (Å²) >= 11 is 11.9. The van der Waals surface area contributed by atoms with E-state index < -0.39 is 0 Å². The number of benzene rings is 1. The first kappa shape index (κ1) is 14.6. The highest BCUT2D eigenvalue weighted by atomic mass is 35.5. The number of halogens is 2. The summed E-state index contributed by atoms with van der Waals surface area (Å²) in [5, 5.41) is 1.18. The first-order chi connectivity index (χ1) is 8.97. The van der Waals surface area contributed by atoms with Crippen LogP contribution in [0.15, 0.2) is 18.2 Å². The van der Waals surface area contributed by atoms with Crippen LogP contribution in [-0.2, 0) is 11.3 Å². The number of hydrogen-bond acceptors (Lipinski definition) is 2. The molecule has 0 aromatic heterocycles. The molecule has 3 nitrogen and oxygen atoms in total. The van der Waals surface area contributed by atoms with Gasteiger partial charge < -0.3 is 10.6 Å². The van der Waals surface area contributed by atoms with E-state index >= 15 is 0 Å². The lowest BCUT2D eigenvalue weighted by Crippen LogP contribution is -2.34. The molecule has 0 spiro atoms. The van der Waals surface area contributed by atoms with Crippen LogP contribution in [0.2, 0.25) is 10.0 Å². The highest BCUT2D eigenvalue weighted by Gasteiger charge is 2.30. The van der Waals surface area contributed by atoms with Gasteiger partial charge in [-0.1, -0.05) is 29.3 Å². The molecule has 1 amide bonds. The maximum Gasteiger partial charge on any atom is 0.224 e. The van der Waals surface area contributed by atoms with Crippen LogP contribution in [0.1, 0.15) is 24.8 Å². The van der Waals surface area contributed by atoms with E-state index in [9.17, 15) is 4.79 Å². The summed E-state index contributed by atoms with van der Waals surface area (Å²) < 4.78 is 0. The fourth-order valence-corrected chi connectivity index (χ4v) is 2.51. The average Bonchev–Trinajstić information content (AvgIpc) is 3.16. The van der Waals surface area contributed by atoms with Crippen LogP contribution in [0.4, 0.5) is 0 Å². The van der Waals surface area contributed by atoms with Gasteiger partial charge in [-0.2, -0.15) is 0 Å². The predicted octanol–water partition coefficient (Wildman–Crippen LogP) is 3.08. The van der Waals surface area contributed by atoms with Crippen LogP contribution in [0, 0.1) is 5.92 Å². The molecule has 104 valence electrons. The van der Waals surface area contributed by atoms with E-state index in [2.05, 4.69) is 0 Å². The maximum absolute atomic E-state index is 12.0. The zero-order valence-corrected chi connectivity index (χ0v) is 12.4. The summed E-state index contributed by atoms with van der Waals surface area (Å²) in [5.74, 6) is 0.599. The van der Waals surface area contributed by atoms with Gasteiger partial charge in [0.15, 0.2) is 0 Å². The third-order valence-electron chi connectivity index (χ3n) is 3.49. The number of rotatable bonds is 5. The second kappa shape index (κ2) is 6.12. The van der Waals surface area contributed by atoms with Gasteiger partial charge in [-0.3, -0.25) is 4.79 Å². The Morgan fingerprint density at radius 1 is 1.47 bits per heavy atom. The molecule has 1 fully saturated rings.